The Hall–Kier alpha value is -3.00. The number of ether oxygens (including phenoxy) is 4. The van der Waals surface area contributed by atoms with Crippen LogP contribution in [0.5, 0.6) is 5.75 Å². The second-order valence-electron chi connectivity index (χ2n) is 9.62. The van der Waals surface area contributed by atoms with Gasteiger partial charge in [-0.2, -0.15) is 0 Å². The van der Waals surface area contributed by atoms with Crippen molar-refractivity contribution < 1.29 is 59.2 Å². The lowest BCUT2D eigenvalue weighted by Crippen LogP contribution is -2.61. The summed E-state index contributed by atoms with van der Waals surface area (Å²) in [7, 11) is 0. The van der Waals surface area contributed by atoms with Crippen molar-refractivity contribution >= 4 is 18.0 Å². The molecule has 12 heteroatoms. The number of esters is 1. The Bertz CT molecular complexity index is 1050. The van der Waals surface area contributed by atoms with Crippen LogP contribution in [0.25, 0.3) is 6.08 Å². The minimum atomic E-state index is -1.72. The van der Waals surface area contributed by atoms with Crippen molar-refractivity contribution in [1.29, 1.82) is 0 Å². The maximum atomic E-state index is 12.1. The summed E-state index contributed by atoms with van der Waals surface area (Å²) in [6.07, 6.45) is -4.79. The molecule has 0 bridgehead atoms. The number of hydrogen-bond acceptors (Lipinski definition) is 11. The third kappa shape index (κ3) is 5.79. The lowest BCUT2D eigenvalue weighted by atomic mass is 9.81. The first kappa shape index (κ1) is 27.0. The van der Waals surface area contributed by atoms with Gasteiger partial charge >= 0.3 is 11.9 Å². The number of aliphatic hydroxyl groups is 4. The fraction of sp³-hybridized carbons (Fsp3) is 0.520. The largest absolute Gasteiger partial charge is 0.508 e. The van der Waals surface area contributed by atoms with Crippen molar-refractivity contribution in [3.8, 4) is 5.75 Å². The van der Waals surface area contributed by atoms with Crippen LogP contribution >= 0.6 is 0 Å². The summed E-state index contributed by atoms with van der Waals surface area (Å²) in [5.74, 6) is -3.25. The van der Waals surface area contributed by atoms with Crippen LogP contribution in [0, 0.1) is 11.8 Å². The molecule has 2 fully saturated rings. The first-order chi connectivity index (χ1) is 17.5. The van der Waals surface area contributed by atoms with Gasteiger partial charge in [0, 0.05) is 12.0 Å². The molecule has 4 rings (SSSR count). The van der Waals surface area contributed by atoms with Crippen LogP contribution in [0.15, 0.2) is 42.2 Å². The zero-order valence-electron chi connectivity index (χ0n) is 19.9. The highest BCUT2D eigenvalue weighted by Gasteiger charge is 2.56. The van der Waals surface area contributed by atoms with Crippen LogP contribution in [-0.4, -0.2) is 91.8 Å². The molecule has 12 nitrogen and oxygen atoms in total. The topological polar surface area (TPSA) is 192 Å². The standard InChI is InChI=1S/C25H30O12/c1-25(33)9-8-14-15(22(31)32)10-35-23(18(14)25)37-24-21(30)20(29)19(28)16(36-24)11-34-17(27)7-4-12-2-5-13(26)6-3-12/h2-7,10,14,16,18-21,23-24,26,28-30,33H,8-9,11H2,1H3,(H,31,32)/t14-,16-,18-,19-,20+,21-,23+,24+,25+/m1/s1. The number of carbonyl (C=O) groups excluding carboxylic acids is 1. The smallest absolute Gasteiger partial charge is 0.334 e. The SMILES string of the molecule is C[C@]1(O)CC[C@@H]2C(C(=O)O)=CO[C@@H](O[C@@H]3O[C@H](COC(=O)C=Cc4ccc(O)cc4)[C@@H](O)[C@H](O)[C@H]3O)[C@@H]21. The number of rotatable bonds is 7. The van der Waals surface area contributed by atoms with E-state index in [1.54, 1.807) is 12.1 Å². The normalized spacial score (nSPS) is 37.5. The first-order valence-electron chi connectivity index (χ1n) is 11.8. The summed E-state index contributed by atoms with van der Waals surface area (Å²) in [4.78, 5) is 23.7. The molecule has 0 aromatic heterocycles. The van der Waals surface area contributed by atoms with E-state index < -0.39 is 73.0 Å². The molecule has 1 aliphatic carbocycles. The number of benzene rings is 1. The maximum Gasteiger partial charge on any atom is 0.334 e. The lowest BCUT2D eigenvalue weighted by Gasteiger charge is -2.44. The van der Waals surface area contributed by atoms with Gasteiger partial charge in [0.05, 0.1) is 23.4 Å². The average molecular weight is 523 g/mol. The highest BCUT2D eigenvalue weighted by molar-refractivity contribution is 5.87. The molecule has 0 amide bonds. The maximum absolute atomic E-state index is 12.1. The molecule has 202 valence electrons. The molecule has 1 aromatic rings. The van der Waals surface area contributed by atoms with Crippen molar-refractivity contribution in [2.75, 3.05) is 6.61 Å². The summed E-state index contributed by atoms with van der Waals surface area (Å²) in [6, 6.07) is 6.07. The molecule has 3 aliphatic rings. The number of carboxylic acids is 1. The Morgan fingerprint density at radius 1 is 1.11 bits per heavy atom. The second-order valence-corrected chi connectivity index (χ2v) is 9.62. The molecule has 1 saturated heterocycles. The molecule has 0 radical (unpaired) electrons. The summed E-state index contributed by atoms with van der Waals surface area (Å²) >= 11 is 0. The predicted molar refractivity (Wildman–Crippen MR) is 123 cm³/mol. The third-order valence-corrected chi connectivity index (χ3v) is 7.01. The van der Waals surface area contributed by atoms with Gasteiger partial charge in [0.25, 0.3) is 0 Å². The fourth-order valence-corrected chi connectivity index (χ4v) is 4.96. The van der Waals surface area contributed by atoms with Crippen LogP contribution in [0.2, 0.25) is 0 Å². The molecular weight excluding hydrogens is 492 g/mol. The van der Waals surface area contributed by atoms with E-state index in [1.165, 1.54) is 25.1 Å². The number of aliphatic carboxylic acids is 1. The van der Waals surface area contributed by atoms with Crippen LogP contribution in [0.3, 0.4) is 0 Å². The van der Waals surface area contributed by atoms with Gasteiger partial charge in [0.2, 0.25) is 6.29 Å². The highest BCUT2D eigenvalue weighted by atomic mass is 16.8. The monoisotopic (exact) mass is 522 g/mol. The number of hydrogen-bond donors (Lipinski definition) is 6. The minimum Gasteiger partial charge on any atom is -0.508 e. The summed E-state index contributed by atoms with van der Waals surface area (Å²) in [5, 5.41) is 60.8. The minimum absolute atomic E-state index is 0.00617. The van der Waals surface area contributed by atoms with E-state index in [4.69, 9.17) is 18.9 Å². The van der Waals surface area contributed by atoms with E-state index >= 15 is 0 Å². The zero-order chi connectivity index (χ0) is 26.9. The molecule has 37 heavy (non-hydrogen) atoms. The first-order valence-corrected chi connectivity index (χ1v) is 11.8. The molecule has 2 aliphatic heterocycles. The van der Waals surface area contributed by atoms with Crippen LogP contribution in [-0.2, 0) is 28.5 Å². The molecule has 0 unspecified atom stereocenters. The summed E-state index contributed by atoms with van der Waals surface area (Å²) in [6.45, 7) is 1.05. The molecule has 9 atom stereocenters. The zero-order valence-corrected chi connectivity index (χ0v) is 19.9. The van der Waals surface area contributed by atoms with Crippen molar-refractivity contribution in [3.05, 3.63) is 47.7 Å². The molecule has 0 spiro atoms. The summed E-state index contributed by atoms with van der Waals surface area (Å²) < 4.78 is 21.9. The Morgan fingerprint density at radius 2 is 1.81 bits per heavy atom. The van der Waals surface area contributed by atoms with Gasteiger partial charge in [-0.25, -0.2) is 9.59 Å². The van der Waals surface area contributed by atoms with Gasteiger partial charge in [-0.3, -0.25) is 0 Å². The Labute approximate surface area is 212 Å². The van der Waals surface area contributed by atoms with Crippen molar-refractivity contribution in [2.24, 2.45) is 11.8 Å². The third-order valence-electron chi connectivity index (χ3n) is 7.01. The predicted octanol–water partition coefficient (Wildman–Crippen LogP) is -0.125. The van der Waals surface area contributed by atoms with E-state index in [0.717, 1.165) is 12.3 Å². The number of phenolic OH excluding ortho intramolecular Hbond substituents is 1. The Morgan fingerprint density at radius 3 is 2.49 bits per heavy atom. The number of aliphatic hydroxyl groups excluding tert-OH is 3. The van der Waals surface area contributed by atoms with Gasteiger partial charge in [0.15, 0.2) is 6.29 Å². The van der Waals surface area contributed by atoms with E-state index in [9.17, 15) is 40.2 Å². The van der Waals surface area contributed by atoms with Gasteiger partial charge in [-0.05, 0) is 43.5 Å². The van der Waals surface area contributed by atoms with Crippen molar-refractivity contribution in [1.82, 2.24) is 0 Å². The fourth-order valence-electron chi connectivity index (χ4n) is 4.96. The highest BCUT2D eigenvalue weighted by Crippen LogP contribution is 2.49. The number of carbonyl (C=O) groups is 2. The van der Waals surface area contributed by atoms with Crippen molar-refractivity contribution in [2.45, 2.75) is 62.4 Å². The average Bonchev–Trinajstić information content (AvgIpc) is 3.18. The van der Waals surface area contributed by atoms with E-state index in [1.807, 2.05) is 0 Å². The molecule has 2 heterocycles. The Balaban J connectivity index is 1.41. The Kier molecular flexibility index (Phi) is 7.88. The van der Waals surface area contributed by atoms with Crippen LogP contribution in [0.4, 0.5) is 0 Å². The second kappa shape index (κ2) is 10.8. The summed E-state index contributed by atoms with van der Waals surface area (Å²) in [5.41, 5.74) is -0.710. The molecule has 1 saturated carbocycles. The van der Waals surface area contributed by atoms with Crippen LogP contribution in [0.1, 0.15) is 25.3 Å². The lowest BCUT2D eigenvalue weighted by molar-refractivity contribution is -0.346. The van der Waals surface area contributed by atoms with E-state index in [-0.39, 0.29) is 11.3 Å². The van der Waals surface area contributed by atoms with Gasteiger partial charge in [-0.1, -0.05) is 12.1 Å². The molecular formula is C25H30O12. The number of fused-ring (bicyclic) bond motifs is 1. The van der Waals surface area contributed by atoms with Crippen molar-refractivity contribution in [3.63, 3.8) is 0 Å². The number of aromatic hydroxyl groups is 1. The molecule has 6 N–H and O–H groups in total. The quantitative estimate of drug-likeness (QED) is 0.206. The van der Waals surface area contributed by atoms with E-state index in [2.05, 4.69) is 0 Å². The van der Waals surface area contributed by atoms with Crippen LogP contribution < -0.4 is 0 Å². The van der Waals surface area contributed by atoms with Gasteiger partial charge in [-0.15, -0.1) is 0 Å². The number of carboxylic acid groups (broad SMARTS) is 1. The number of phenols is 1. The van der Waals surface area contributed by atoms with E-state index in [0.29, 0.717) is 18.4 Å². The molecule has 1 aromatic carbocycles. The van der Waals surface area contributed by atoms with Gasteiger partial charge in [0.1, 0.15) is 36.8 Å². The van der Waals surface area contributed by atoms with Gasteiger partial charge < -0.3 is 49.6 Å².